The van der Waals surface area contributed by atoms with Gasteiger partial charge in [0.15, 0.2) is 5.82 Å². The van der Waals surface area contributed by atoms with Crippen LogP contribution in [-0.2, 0) is 0 Å². The first-order valence-electron chi connectivity index (χ1n) is 10.0. The Morgan fingerprint density at radius 2 is 1.89 bits per heavy atom. The summed E-state index contributed by atoms with van der Waals surface area (Å²) in [5.74, 6) is 0.910. The molecule has 0 bridgehead atoms. The summed E-state index contributed by atoms with van der Waals surface area (Å²) < 4.78 is 14.3. The summed E-state index contributed by atoms with van der Waals surface area (Å²) in [6.45, 7) is 1.91. The summed E-state index contributed by atoms with van der Waals surface area (Å²) in [5, 5.41) is 22.6. The van der Waals surface area contributed by atoms with Gasteiger partial charge in [-0.25, -0.2) is 4.39 Å². The molecule has 2 saturated carbocycles. The van der Waals surface area contributed by atoms with Crippen LogP contribution >= 0.6 is 0 Å². The highest BCUT2D eigenvalue weighted by Crippen LogP contribution is 2.44. The minimum atomic E-state index is -0.263. The largest absolute Gasteiger partial charge is 0.507 e. The van der Waals surface area contributed by atoms with E-state index in [0.717, 1.165) is 38.2 Å². The molecule has 3 fully saturated rings. The number of nitrogens with zero attached hydrogens (tertiary/aromatic N) is 3. The minimum absolute atomic E-state index is 0.0753. The van der Waals surface area contributed by atoms with E-state index in [1.165, 1.54) is 25.3 Å². The number of rotatable bonds is 5. The Morgan fingerprint density at radius 1 is 1.04 bits per heavy atom. The molecule has 1 saturated heterocycles. The summed E-state index contributed by atoms with van der Waals surface area (Å²) in [5.41, 5.74) is 1.52. The summed E-state index contributed by atoms with van der Waals surface area (Å²) in [6, 6.07) is 7.89. The van der Waals surface area contributed by atoms with Crippen molar-refractivity contribution in [2.45, 2.75) is 56.5 Å². The highest BCUT2D eigenvalue weighted by molar-refractivity contribution is 5.68. The van der Waals surface area contributed by atoms with Crippen molar-refractivity contribution < 1.29 is 9.50 Å². The minimum Gasteiger partial charge on any atom is -0.507 e. The zero-order valence-corrected chi connectivity index (χ0v) is 15.4. The van der Waals surface area contributed by atoms with Gasteiger partial charge in [0.05, 0.1) is 5.69 Å². The molecule has 0 spiro atoms. The van der Waals surface area contributed by atoms with Crippen molar-refractivity contribution in [2.75, 3.05) is 18.0 Å². The topological polar surface area (TPSA) is 61.3 Å². The van der Waals surface area contributed by atoms with Gasteiger partial charge in [0.25, 0.3) is 0 Å². The van der Waals surface area contributed by atoms with Crippen LogP contribution in [0.3, 0.4) is 0 Å². The molecule has 2 aromatic rings. The lowest BCUT2D eigenvalue weighted by atomic mass is 9.92. The van der Waals surface area contributed by atoms with Crippen LogP contribution in [0.15, 0.2) is 24.3 Å². The maximum atomic E-state index is 14.3. The van der Waals surface area contributed by atoms with Crippen LogP contribution in [-0.4, -0.2) is 40.5 Å². The summed E-state index contributed by atoms with van der Waals surface area (Å²) in [7, 11) is 0. The number of hydrogen-bond acceptors (Lipinski definition) is 5. The molecule has 1 aromatic heterocycles. The van der Waals surface area contributed by atoms with Gasteiger partial charge in [-0.1, -0.05) is 6.42 Å². The first-order valence-corrected chi connectivity index (χ1v) is 10.0. The molecule has 0 amide bonds. The Bertz CT molecular complexity index is 833. The fraction of sp³-hybridized carbons (Fsp3) is 0.524. The third-order valence-corrected chi connectivity index (χ3v) is 6.15. The number of nitrogens with one attached hydrogen (secondary N) is 1. The lowest BCUT2D eigenvalue weighted by Crippen LogP contribution is -2.43. The van der Waals surface area contributed by atoms with Crippen LogP contribution in [0.25, 0.3) is 11.3 Å². The van der Waals surface area contributed by atoms with Gasteiger partial charge in [-0.05, 0) is 67.9 Å². The van der Waals surface area contributed by atoms with E-state index in [1.54, 1.807) is 6.07 Å². The molecule has 5 nitrogen and oxygen atoms in total. The van der Waals surface area contributed by atoms with Gasteiger partial charge in [-0.15, -0.1) is 10.2 Å². The number of aromatic hydroxyl groups is 1. The number of phenols is 1. The second kappa shape index (κ2) is 6.75. The van der Waals surface area contributed by atoms with Crippen molar-refractivity contribution in [3.8, 4) is 17.0 Å². The average molecular weight is 368 g/mol. The number of benzene rings is 1. The normalized spacial score (nSPS) is 22.9. The van der Waals surface area contributed by atoms with Gasteiger partial charge >= 0.3 is 0 Å². The van der Waals surface area contributed by atoms with Crippen LogP contribution in [0.1, 0.15) is 50.0 Å². The van der Waals surface area contributed by atoms with Crippen molar-refractivity contribution in [1.82, 2.24) is 15.5 Å². The number of hydrogen-bond donors (Lipinski definition) is 2. The highest BCUT2D eigenvalue weighted by atomic mass is 19.1. The monoisotopic (exact) mass is 368 g/mol. The molecule has 1 aliphatic heterocycles. The van der Waals surface area contributed by atoms with Gasteiger partial charge in [0, 0.05) is 30.7 Å². The third kappa shape index (κ3) is 3.38. The molecular weight excluding hydrogens is 343 g/mol. The van der Waals surface area contributed by atoms with Crippen molar-refractivity contribution in [2.24, 2.45) is 0 Å². The SMILES string of the molecule is Oc1cc(C2CC2)c(F)cc1-c1ccc(N2CC[C@H](NC3CCC3)C2)nn1. The Morgan fingerprint density at radius 3 is 2.56 bits per heavy atom. The molecule has 2 heterocycles. The second-order valence-corrected chi connectivity index (χ2v) is 8.17. The number of phenolic OH excluding ortho intramolecular Hbond substituents is 1. The van der Waals surface area contributed by atoms with Crippen LogP contribution < -0.4 is 10.2 Å². The molecule has 27 heavy (non-hydrogen) atoms. The third-order valence-electron chi connectivity index (χ3n) is 6.15. The smallest absolute Gasteiger partial charge is 0.151 e. The first kappa shape index (κ1) is 16.9. The second-order valence-electron chi connectivity index (χ2n) is 8.17. The maximum absolute atomic E-state index is 14.3. The summed E-state index contributed by atoms with van der Waals surface area (Å²) in [6.07, 6.45) is 7.05. The molecule has 6 heteroatoms. The van der Waals surface area contributed by atoms with Gasteiger partial charge in [-0.2, -0.15) is 0 Å². The Labute approximate surface area is 158 Å². The number of halogens is 1. The van der Waals surface area contributed by atoms with Crippen molar-refractivity contribution in [3.63, 3.8) is 0 Å². The van der Waals surface area contributed by atoms with E-state index in [0.29, 0.717) is 28.9 Å². The van der Waals surface area contributed by atoms with Gasteiger partial charge in [-0.3, -0.25) is 0 Å². The Balaban J connectivity index is 1.30. The van der Waals surface area contributed by atoms with E-state index < -0.39 is 0 Å². The summed E-state index contributed by atoms with van der Waals surface area (Å²) in [4.78, 5) is 2.24. The zero-order chi connectivity index (χ0) is 18.4. The van der Waals surface area contributed by atoms with Gasteiger partial charge < -0.3 is 15.3 Å². The lowest BCUT2D eigenvalue weighted by molar-refractivity contribution is 0.311. The molecule has 3 aliphatic rings. The first-order chi connectivity index (χ1) is 13.2. The van der Waals surface area contributed by atoms with Gasteiger partial charge in [0.1, 0.15) is 11.6 Å². The molecule has 0 unspecified atom stereocenters. The van der Waals surface area contributed by atoms with Crippen LogP contribution in [0.2, 0.25) is 0 Å². The molecule has 1 aromatic carbocycles. The molecule has 142 valence electrons. The predicted molar refractivity (Wildman–Crippen MR) is 102 cm³/mol. The predicted octanol–water partition coefficient (Wildman–Crippen LogP) is 3.59. The molecule has 2 N–H and O–H groups in total. The van der Waals surface area contributed by atoms with Crippen molar-refractivity contribution in [3.05, 3.63) is 35.6 Å². The molecular formula is C21H25FN4O. The lowest BCUT2D eigenvalue weighted by Gasteiger charge is -2.29. The van der Waals surface area contributed by atoms with Crippen LogP contribution in [0, 0.1) is 5.82 Å². The van der Waals surface area contributed by atoms with Crippen molar-refractivity contribution >= 4 is 5.82 Å². The van der Waals surface area contributed by atoms with Crippen molar-refractivity contribution in [1.29, 1.82) is 0 Å². The van der Waals surface area contributed by atoms with E-state index in [-0.39, 0.29) is 17.5 Å². The maximum Gasteiger partial charge on any atom is 0.151 e. The molecule has 2 aliphatic carbocycles. The quantitative estimate of drug-likeness (QED) is 0.845. The van der Waals surface area contributed by atoms with Gasteiger partial charge in [0.2, 0.25) is 0 Å². The highest BCUT2D eigenvalue weighted by Gasteiger charge is 2.29. The molecule has 1 atom stereocenters. The standard InChI is InChI=1S/C21H25FN4O/c22-18-10-17(20(27)11-16(18)13-4-5-13)19-6-7-21(25-24-19)26-9-8-15(12-26)23-14-2-1-3-14/h6-7,10-11,13-15,23,27H,1-5,8-9,12H2/t15-/m0/s1. The van der Waals surface area contributed by atoms with E-state index in [4.69, 9.17) is 0 Å². The van der Waals surface area contributed by atoms with Crippen LogP contribution in [0.4, 0.5) is 10.2 Å². The number of aromatic nitrogens is 2. The van der Waals surface area contributed by atoms with Crippen LogP contribution in [0.5, 0.6) is 5.75 Å². The van der Waals surface area contributed by atoms with E-state index >= 15 is 0 Å². The molecule has 5 rings (SSSR count). The Kier molecular flexibility index (Phi) is 4.23. The van der Waals surface area contributed by atoms with E-state index in [1.807, 2.05) is 12.1 Å². The van der Waals surface area contributed by atoms with E-state index in [2.05, 4.69) is 20.4 Å². The molecule has 0 radical (unpaired) electrons. The Hall–Kier alpha value is -2.21. The average Bonchev–Trinajstić information content (AvgIpc) is 3.38. The summed E-state index contributed by atoms with van der Waals surface area (Å²) >= 11 is 0. The zero-order valence-electron chi connectivity index (χ0n) is 15.4. The fourth-order valence-electron chi connectivity index (χ4n) is 4.14. The fourth-order valence-corrected chi connectivity index (χ4v) is 4.14. The van der Waals surface area contributed by atoms with E-state index in [9.17, 15) is 9.50 Å². The number of anilines is 1.